The normalized spacial score (nSPS) is 11.3. The number of pyridine rings is 2. The summed E-state index contributed by atoms with van der Waals surface area (Å²) in [6.07, 6.45) is 22.0. The third-order valence-corrected chi connectivity index (χ3v) is 8.71. The van der Waals surface area contributed by atoms with Gasteiger partial charge in [0.2, 0.25) is 0 Å². The molecule has 0 saturated carbocycles. The third-order valence-electron chi connectivity index (χ3n) is 8.71. The zero-order valence-electron chi connectivity index (χ0n) is 28.0. The van der Waals surface area contributed by atoms with Crippen LogP contribution in [0.5, 0.6) is 0 Å². The SMILES string of the molecule is CCCCCCCCCCOC(=O)c1c(-c2cnc3ccccc3c2C(=O)OCCCCCCCCCC)cnc2ccccc12. The predicted octanol–water partition coefficient (Wildman–Crippen LogP) is 11.0. The third kappa shape index (κ3) is 10.1. The Morgan fingerprint density at radius 1 is 0.500 bits per heavy atom. The second kappa shape index (κ2) is 19.7. The molecule has 0 unspecified atom stereocenters. The molecule has 2 heterocycles. The van der Waals surface area contributed by atoms with Crippen LogP contribution in [0.4, 0.5) is 0 Å². The van der Waals surface area contributed by atoms with Crippen molar-refractivity contribution in [3.63, 3.8) is 0 Å². The van der Waals surface area contributed by atoms with Crippen LogP contribution < -0.4 is 0 Å². The molecule has 0 atom stereocenters. The quantitative estimate of drug-likeness (QED) is 0.0678. The highest BCUT2D eigenvalue weighted by atomic mass is 16.5. The Labute approximate surface area is 275 Å². The minimum absolute atomic E-state index is 0.355. The maximum Gasteiger partial charge on any atom is 0.339 e. The van der Waals surface area contributed by atoms with Gasteiger partial charge in [0.1, 0.15) is 0 Å². The average Bonchev–Trinajstić information content (AvgIpc) is 3.09. The lowest BCUT2D eigenvalue weighted by atomic mass is 9.93. The zero-order chi connectivity index (χ0) is 32.4. The first-order chi connectivity index (χ1) is 22.7. The van der Waals surface area contributed by atoms with Gasteiger partial charge in [-0.15, -0.1) is 0 Å². The van der Waals surface area contributed by atoms with Gasteiger partial charge in [-0.25, -0.2) is 9.59 Å². The average molecular weight is 625 g/mol. The van der Waals surface area contributed by atoms with Gasteiger partial charge in [0.25, 0.3) is 0 Å². The number of hydrogen-bond donors (Lipinski definition) is 0. The number of nitrogens with zero attached hydrogens (tertiary/aromatic N) is 2. The fourth-order valence-electron chi connectivity index (χ4n) is 6.08. The molecule has 2 aromatic heterocycles. The first-order valence-electron chi connectivity index (χ1n) is 17.8. The van der Waals surface area contributed by atoms with Gasteiger partial charge < -0.3 is 9.47 Å². The molecule has 4 rings (SSSR count). The molecule has 46 heavy (non-hydrogen) atoms. The molecule has 0 N–H and O–H groups in total. The van der Waals surface area contributed by atoms with Crippen molar-refractivity contribution < 1.29 is 19.1 Å². The van der Waals surface area contributed by atoms with Crippen molar-refractivity contribution in [1.82, 2.24) is 9.97 Å². The van der Waals surface area contributed by atoms with Crippen LogP contribution in [0.25, 0.3) is 32.9 Å². The molecule has 0 fully saturated rings. The van der Waals surface area contributed by atoms with Gasteiger partial charge in [0, 0.05) is 34.3 Å². The predicted molar refractivity (Wildman–Crippen MR) is 188 cm³/mol. The lowest BCUT2D eigenvalue weighted by Crippen LogP contribution is -2.13. The molecule has 6 heteroatoms. The van der Waals surface area contributed by atoms with E-state index in [1.165, 1.54) is 64.2 Å². The molecule has 4 aromatic rings. The first kappa shape index (κ1) is 35.1. The van der Waals surface area contributed by atoms with Crippen LogP contribution in [-0.2, 0) is 9.47 Å². The number of esters is 2. The minimum atomic E-state index is -0.414. The van der Waals surface area contributed by atoms with E-state index in [2.05, 4.69) is 23.8 Å². The molecule has 6 nitrogen and oxygen atoms in total. The van der Waals surface area contributed by atoms with Crippen molar-refractivity contribution in [3.8, 4) is 11.1 Å². The van der Waals surface area contributed by atoms with Crippen molar-refractivity contribution >= 4 is 33.7 Å². The van der Waals surface area contributed by atoms with Crippen LogP contribution in [0.15, 0.2) is 60.9 Å². The summed E-state index contributed by atoms with van der Waals surface area (Å²) >= 11 is 0. The molecule has 0 bridgehead atoms. The van der Waals surface area contributed by atoms with Crippen molar-refractivity contribution in [2.45, 2.75) is 117 Å². The molecule has 0 radical (unpaired) electrons. The number of fused-ring (bicyclic) bond motifs is 2. The van der Waals surface area contributed by atoms with E-state index in [0.717, 1.165) is 38.5 Å². The topological polar surface area (TPSA) is 78.4 Å². The van der Waals surface area contributed by atoms with Crippen LogP contribution in [0, 0.1) is 0 Å². The lowest BCUT2D eigenvalue weighted by Gasteiger charge is -2.16. The number of aromatic nitrogens is 2. The lowest BCUT2D eigenvalue weighted by molar-refractivity contribution is 0.0489. The van der Waals surface area contributed by atoms with Gasteiger partial charge in [-0.1, -0.05) is 140 Å². The highest BCUT2D eigenvalue weighted by Crippen LogP contribution is 2.35. The van der Waals surface area contributed by atoms with Gasteiger partial charge in [-0.2, -0.15) is 0 Å². The Morgan fingerprint density at radius 3 is 1.24 bits per heavy atom. The van der Waals surface area contributed by atoms with Gasteiger partial charge in [-0.05, 0) is 25.0 Å². The van der Waals surface area contributed by atoms with Gasteiger partial charge >= 0.3 is 11.9 Å². The molecule has 0 spiro atoms. The zero-order valence-corrected chi connectivity index (χ0v) is 28.0. The number of carbonyl (C=O) groups excluding carboxylic acids is 2. The summed E-state index contributed by atoms with van der Waals surface area (Å²) in [5.74, 6) is -0.828. The molecule has 0 aliphatic carbocycles. The molecular formula is C40H52N2O4. The molecular weight excluding hydrogens is 572 g/mol. The fourth-order valence-corrected chi connectivity index (χ4v) is 6.08. The highest BCUT2D eigenvalue weighted by Gasteiger charge is 2.25. The monoisotopic (exact) mass is 624 g/mol. The number of ether oxygens (including phenoxy) is 2. The molecule has 0 aliphatic heterocycles. The second-order valence-electron chi connectivity index (χ2n) is 12.3. The number of para-hydroxylation sites is 2. The first-order valence-corrected chi connectivity index (χ1v) is 17.8. The number of benzene rings is 2. The standard InChI is InChI=1S/C40H52N2O4/c1-3-5-7-9-11-13-15-21-27-45-39(43)37-31-23-17-19-25-35(31)41-29-33(37)34-30-42-36-26-20-18-24-32(36)38(34)40(44)46-28-22-16-14-12-10-8-6-4-2/h17-20,23-26,29-30H,3-16,21-22,27-28H2,1-2H3. The van der Waals surface area contributed by atoms with Crippen molar-refractivity contribution in [1.29, 1.82) is 0 Å². The van der Waals surface area contributed by atoms with Crippen LogP contribution in [0.1, 0.15) is 137 Å². The summed E-state index contributed by atoms with van der Waals surface area (Å²) in [4.78, 5) is 36.9. The van der Waals surface area contributed by atoms with E-state index in [1.807, 2.05) is 48.5 Å². The van der Waals surface area contributed by atoms with E-state index in [1.54, 1.807) is 12.4 Å². The van der Waals surface area contributed by atoms with E-state index < -0.39 is 11.9 Å². The maximum atomic E-state index is 13.8. The van der Waals surface area contributed by atoms with E-state index in [0.29, 0.717) is 57.3 Å². The van der Waals surface area contributed by atoms with Crippen molar-refractivity contribution in [3.05, 3.63) is 72.1 Å². The Morgan fingerprint density at radius 2 is 0.848 bits per heavy atom. The summed E-state index contributed by atoms with van der Waals surface area (Å²) < 4.78 is 11.7. The minimum Gasteiger partial charge on any atom is -0.462 e. The molecule has 2 aromatic carbocycles. The van der Waals surface area contributed by atoms with Crippen molar-refractivity contribution in [2.24, 2.45) is 0 Å². The van der Waals surface area contributed by atoms with Crippen LogP contribution in [0.2, 0.25) is 0 Å². The van der Waals surface area contributed by atoms with Gasteiger partial charge in [0.05, 0.1) is 35.4 Å². The second-order valence-corrected chi connectivity index (χ2v) is 12.3. The maximum absolute atomic E-state index is 13.8. The summed E-state index contributed by atoms with van der Waals surface area (Å²) in [5, 5.41) is 1.37. The number of unbranched alkanes of at least 4 members (excludes halogenated alkanes) is 14. The Balaban J connectivity index is 1.52. The molecule has 0 saturated heterocycles. The van der Waals surface area contributed by atoms with Crippen LogP contribution in [-0.4, -0.2) is 35.1 Å². The van der Waals surface area contributed by atoms with E-state index in [4.69, 9.17) is 9.47 Å². The Bertz CT molecular complexity index is 1420. The summed E-state index contributed by atoms with van der Waals surface area (Å²) in [7, 11) is 0. The summed E-state index contributed by atoms with van der Waals surface area (Å²) in [5.41, 5.74) is 3.24. The summed E-state index contributed by atoms with van der Waals surface area (Å²) in [6.45, 7) is 5.17. The van der Waals surface area contributed by atoms with Crippen LogP contribution in [0.3, 0.4) is 0 Å². The van der Waals surface area contributed by atoms with Crippen molar-refractivity contribution in [2.75, 3.05) is 13.2 Å². The molecule has 0 aliphatic rings. The van der Waals surface area contributed by atoms with E-state index in [9.17, 15) is 9.59 Å². The Kier molecular flexibility index (Phi) is 15.0. The number of carbonyl (C=O) groups is 2. The summed E-state index contributed by atoms with van der Waals surface area (Å²) in [6, 6.07) is 15.1. The Hall–Kier alpha value is -3.80. The fraction of sp³-hybridized carbons (Fsp3) is 0.500. The smallest absolute Gasteiger partial charge is 0.339 e. The van der Waals surface area contributed by atoms with Gasteiger partial charge in [-0.3, -0.25) is 9.97 Å². The number of rotatable bonds is 21. The van der Waals surface area contributed by atoms with E-state index in [-0.39, 0.29) is 0 Å². The highest BCUT2D eigenvalue weighted by molar-refractivity contribution is 6.14. The number of hydrogen-bond acceptors (Lipinski definition) is 6. The largest absolute Gasteiger partial charge is 0.462 e. The van der Waals surface area contributed by atoms with Gasteiger partial charge in [0.15, 0.2) is 0 Å². The molecule has 246 valence electrons. The van der Waals surface area contributed by atoms with E-state index >= 15 is 0 Å². The molecule has 0 amide bonds. The van der Waals surface area contributed by atoms with Crippen LogP contribution >= 0.6 is 0 Å².